The van der Waals surface area contributed by atoms with Gasteiger partial charge in [-0.25, -0.2) is 0 Å². The maximum absolute atomic E-state index is 12.5. The molecule has 3 nitrogen and oxygen atoms in total. The number of hydrogen-bond acceptors (Lipinski definition) is 3. The Balaban J connectivity index is 2.46. The molecule has 2 rings (SSSR count). The Morgan fingerprint density at radius 2 is 1.90 bits per heavy atom. The minimum absolute atomic E-state index is 0.286. The zero-order valence-electron chi connectivity index (χ0n) is 11.0. The lowest BCUT2D eigenvalue weighted by molar-refractivity contribution is -0.275. The average Bonchev–Trinajstić information content (AvgIpc) is 2.42. The number of aromatic nitrogens is 1. The summed E-state index contributed by atoms with van der Waals surface area (Å²) >= 11 is 6.07. The van der Waals surface area contributed by atoms with E-state index in [1.807, 2.05) is 0 Å². The molecular formula is C14H12ClF3N2O. The summed E-state index contributed by atoms with van der Waals surface area (Å²) in [5.41, 5.74) is 0.734. The van der Waals surface area contributed by atoms with E-state index in [0.717, 1.165) is 0 Å². The van der Waals surface area contributed by atoms with Gasteiger partial charge in [-0.3, -0.25) is 4.98 Å². The van der Waals surface area contributed by atoms with Gasteiger partial charge in [-0.05, 0) is 25.2 Å². The van der Waals surface area contributed by atoms with Gasteiger partial charge in [-0.2, -0.15) is 0 Å². The second-order valence-electron chi connectivity index (χ2n) is 4.18. The number of ether oxygens (including phenoxy) is 1. The van der Waals surface area contributed by atoms with Gasteiger partial charge in [-0.1, -0.05) is 29.8 Å². The van der Waals surface area contributed by atoms with Crippen molar-refractivity contribution in [2.24, 2.45) is 0 Å². The Labute approximate surface area is 124 Å². The molecule has 0 radical (unpaired) electrons. The van der Waals surface area contributed by atoms with E-state index in [1.165, 1.54) is 24.4 Å². The largest absolute Gasteiger partial charge is 0.573 e. The minimum Gasteiger partial charge on any atom is -0.405 e. The van der Waals surface area contributed by atoms with Crippen LogP contribution in [-0.2, 0) is 0 Å². The highest BCUT2D eigenvalue weighted by atomic mass is 35.5. The van der Waals surface area contributed by atoms with E-state index in [2.05, 4.69) is 15.0 Å². The normalized spacial score (nSPS) is 13.0. The van der Waals surface area contributed by atoms with Gasteiger partial charge in [0.1, 0.15) is 5.75 Å². The first kappa shape index (κ1) is 15.6. The molecule has 1 unspecified atom stereocenters. The van der Waals surface area contributed by atoms with Crippen molar-refractivity contribution in [1.82, 2.24) is 10.3 Å². The van der Waals surface area contributed by atoms with Crippen LogP contribution >= 0.6 is 11.6 Å². The number of para-hydroxylation sites is 1. The highest BCUT2D eigenvalue weighted by Crippen LogP contribution is 2.34. The molecule has 2 aromatic rings. The number of halogens is 4. The van der Waals surface area contributed by atoms with Crippen molar-refractivity contribution in [1.29, 1.82) is 0 Å². The summed E-state index contributed by atoms with van der Waals surface area (Å²) in [5.74, 6) is -0.286. The highest BCUT2D eigenvalue weighted by Gasteiger charge is 2.33. The minimum atomic E-state index is -4.76. The molecule has 1 aromatic heterocycles. The summed E-state index contributed by atoms with van der Waals surface area (Å²) in [7, 11) is 1.61. The number of nitrogens with zero attached hydrogens (tertiary/aromatic N) is 1. The van der Waals surface area contributed by atoms with Crippen LogP contribution in [0.5, 0.6) is 5.75 Å². The first-order chi connectivity index (χ1) is 9.92. The van der Waals surface area contributed by atoms with Crippen molar-refractivity contribution in [2.45, 2.75) is 12.4 Å². The van der Waals surface area contributed by atoms with Gasteiger partial charge in [0.2, 0.25) is 0 Å². The third kappa shape index (κ3) is 3.86. The monoisotopic (exact) mass is 316 g/mol. The van der Waals surface area contributed by atoms with Crippen molar-refractivity contribution in [2.75, 3.05) is 7.05 Å². The molecule has 21 heavy (non-hydrogen) atoms. The Hall–Kier alpha value is -1.79. The fourth-order valence-electron chi connectivity index (χ4n) is 1.99. The third-order valence-electron chi connectivity index (χ3n) is 2.80. The Kier molecular flexibility index (Phi) is 4.69. The fourth-order valence-corrected chi connectivity index (χ4v) is 2.22. The second-order valence-corrected chi connectivity index (χ2v) is 4.58. The van der Waals surface area contributed by atoms with E-state index in [9.17, 15) is 13.2 Å². The molecule has 0 bridgehead atoms. The summed E-state index contributed by atoms with van der Waals surface area (Å²) < 4.78 is 41.5. The van der Waals surface area contributed by atoms with Crippen molar-refractivity contribution < 1.29 is 17.9 Å². The number of rotatable bonds is 4. The standard InChI is InChI=1S/C14H12ClF3N2O/c1-19-12(13-10(15)6-4-8-20-13)9-5-2-3-7-11(9)21-14(16,17)18/h2-8,12,19H,1H3. The van der Waals surface area contributed by atoms with Crippen molar-refractivity contribution in [3.63, 3.8) is 0 Å². The lowest BCUT2D eigenvalue weighted by Crippen LogP contribution is -2.23. The lowest BCUT2D eigenvalue weighted by atomic mass is 10.0. The van der Waals surface area contributed by atoms with Gasteiger partial charge in [0.05, 0.1) is 16.8 Å². The number of alkyl halides is 3. The van der Waals surface area contributed by atoms with Crippen molar-refractivity contribution >= 4 is 11.6 Å². The second kappa shape index (κ2) is 6.32. The van der Waals surface area contributed by atoms with Crippen LogP contribution in [0.4, 0.5) is 13.2 Å². The topological polar surface area (TPSA) is 34.1 Å². The van der Waals surface area contributed by atoms with E-state index in [4.69, 9.17) is 11.6 Å². The molecule has 0 aliphatic carbocycles. The first-order valence-electron chi connectivity index (χ1n) is 6.04. The van der Waals surface area contributed by atoms with Crippen LogP contribution in [0, 0.1) is 0 Å². The Morgan fingerprint density at radius 1 is 1.19 bits per heavy atom. The fraction of sp³-hybridized carbons (Fsp3) is 0.214. The van der Waals surface area contributed by atoms with Gasteiger partial charge in [0.15, 0.2) is 0 Å². The molecule has 0 fully saturated rings. The Bertz CT molecular complexity index is 619. The van der Waals surface area contributed by atoms with E-state index >= 15 is 0 Å². The van der Waals surface area contributed by atoms with Gasteiger partial charge in [-0.15, -0.1) is 13.2 Å². The van der Waals surface area contributed by atoms with E-state index in [-0.39, 0.29) is 5.75 Å². The SMILES string of the molecule is CNC(c1ccccc1OC(F)(F)F)c1ncccc1Cl. The van der Waals surface area contributed by atoms with Crippen molar-refractivity contribution in [3.8, 4) is 5.75 Å². The molecular weight excluding hydrogens is 305 g/mol. The third-order valence-corrected chi connectivity index (χ3v) is 3.12. The van der Waals surface area contributed by atoms with E-state index < -0.39 is 12.4 Å². The predicted molar refractivity (Wildman–Crippen MR) is 73.3 cm³/mol. The van der Waals surface area contributed by atoms with Crippen molar-refractivity contribution in [3.05, 3.63) is 58.9 Å². The molecule has 1 atom stereocenters. The smallest absolute Gasteiger partial charge is 0.405 e. The molecule has 112 valence electrons. The van der Waals surface area contributed by atoms with Gasteiger partial charge in [0, 0.05) is 11.8 Å². The zero-order valence-corrected chi connectivity index (χ0v) is 11.7. The predicted octanol–water partition coefficient (Wildman–Crippen LogP) is 3.94. The highest BCUT2D eigenvalue weighted by molar-refractivity contribution is 6.31. The zero-order chi connectivity index (χ0) is 15.5. The van der Waals surface area contributed by atoms with Crippen LogP contribution in [0.15, 0.2) is 42.6 Å². The molecule has 1 heterocycles. The average molecular weight is 317 g/mol. The molecule has 0 aliphatic rings. The quantitative estimate of drug-likeness (QED) is 0.927. The molecule has 0 saturated carbocycles. The number of pyridine rings is 1. The molecule has 0 saturated heterocycles. The van der Waals surface area contributed by atoms with Crippen LogP contribution < -0.4 is 10.1 Å². The molecule has 0 amide bonds. The molecule has 1 N–H and O–H groups in total. The molecule has 0 spiro atoms. The van der Waals surface area contributed by atoms with E-state index in [0.29, 0.717) is 16.3 Å². The summed E-state index contributed by atoms with van der Waals surface area (Å²) in [4.78, 5) is 4.13. The summed E-state index contributed by atoms with van der Waals surface area (Å²) in [6, 6.07) is 8.55. The maximum atomic E-state index is 12.5. The lowest BCUT2D eigenvalue weighted by Gasteiger charge is -2.21. The summed E-state index contributed by atoms with van der Waals surface area (Å²) in [5, 5.41) is 3.27. The number of nitrogens with one attached hydrogen (secondary N) is 1. The van der Waals surface area contributed by atoms with Gasteiger partial charge < -0.3 is 10.1 Å². The maximum Gasteiger partial charge on any atom is 0.573 e. The van der Waals surface area contributed by atoms with Crippen LogP contribution in [0.1, 0.15) is 17.3 Å². The summed E-state index contributed by atoms with van der Waals surface area (Å²) in [6.07, 6.45) is -3.24. The molecule has 7 heteroatoms. The van der Waals surface area contributed by atoms with E-state index in [1.54, 1.807) is 25.2 Å². The van der Waals surface area contributed by atoms with Crippen LogP contribution in [0.2, 0.25) is 5.02 Å². The number of benzene rings is 1. The summed E-state index contributed by atoms with van der Waals surface area (Å²) in [6.45, 7) is 0. The first-order valence-corrected chi connectivity index (χ1v) is 6.42. The molecule has 0 aliphatic heterocycles. The van der Waals surface area contributed by atoms with Gasteiger partial charge in [0.25, 0.3) is 0 Å². The van der Waals surface area contributed by atoms with Crippen LogP contribution in [0.25, 0.3) is 0 Å². The van der Waals surface area contributed by atoms with Crippen LogP contribution in [0.3, 0.4) is 0 Å². The number of hydrogen-bond donors (Lipinski definition) is 1. The Morgan fingerprint density at radius 3 is 2.52 bits per heavy atom. The van der Waals surface area contributed by atoms with Gasteiger partial charge >= 0.3 is 6.36 Å². The van der Waals surface area contributed by atoms with Crippen LogP contribution in [-0.4, -0.2) is 18.4 Å². The molecule has 1 aromatic carbocycles.